The van der Waals surface area contributed by atoms with Gasteiger partial charge in [0, 0.05) is 50.4 Å². The summed E-state index contributed by atoms with van der Waals surface area (Å²) < 4.78 is 68.7. The minimum Gasteiger partial charge on any atom is -1.00 e. The van der Waals surface area contributed by atoms with Crippen LogP contribution in [0.2, 0.25) is 30.4 Å². The molecule has 124 heavy (non-hydrogen) atoms. The first-order valence-corrected chi connectivity index (χ1v) is 39.5. The van der Waals surface area contributed by atoms with Crippen LogP contribution in [-0.2, 0) is 64.2 Å². The molecule has 8 aromatic heterocycles. The predicted molar refractivity (Wildman–Crippen MR) is 461 cm³/mol. The number of aromatic nitrogens is 12. The number of fused-ring (bicyclic) bond motifs is 7. The van der Waals surface area contributed by atoms with Crippen molar-refractivity contribution >= 4 is 154 Å². The quantitative estimate of drug-likeness (QED) is 0.0160. The number of anilines is 2. The Morgan fingerprint density at radius 3 is 1.03 bits per heavy atom. The van der Waals surface area contributed by atoms with Crippen LogP contribution in [0.4, 0.5) is 11.6 Å². The maximum absolute atomic E-state index is 13.2. The molecule has 19 rings (SSSR count). The first-order valence-electron chi connectivity index (χ1n) is 37.2. The molecule has 7 aliphatic heterocycles. The van der Waals surface area contributed by atoms with Crippen molar-refractivity contribution in [1.82, 2.24) is 58.1 Å². The van der Waals surface area contributed by atoms with Crippen molar-refractivity contribution in [2.75, 3.05) is 11.0 Å². The summed E-state index contributed by atoms with van der Waals surface area (Å²) in [4.78, 5) is 46.4. The summed E-state index contributed by atoms with van der Waals surface area (Å²) in [5.41, 5.74) is 4.23. The Balaban J connectivity index is 0.000000170. The van der Waals surface area contributed by atoms with Crippen LogP contribution in [0.25, 0.3) is 44.1 Å². The fraction of sp³-hybridized carbons (Fsp3) is 0.405. The van der Waals surface area contributed by atoms with Crippen molar-refractivity contribution < 1.29 is 105 Å². The maximum Gasteiger partial charge on any atom is 2.00 e. The van der Waals surface area contributed by atoms with E-state index < -0.39 is 132 Å². The third-order valence-corrected chi connectivity index (χ3v) is 23.5. The van der Waals surface area contributed by atoms with Gasteiger partial charge in [-0.3, -0.25) is 26.2 Å². The molecule has 0 amide bonds. The molecular weight excluding hydrogens is 1810 g/mol. The van der Waals surface area contributed by atoms with Crippen LogP contribution >= 0.6 is 69.6 Å². The average Bonchev–Trinajstić information content (AvgIpc) is 1.55. The summed E-state index contributed by atoms with van der Waals surface area (Å²) in [6, 6.07) is 34.3. The number of carbonyl (C=O) groups excluding carboxylic acids is 1. The smallest absolute Gasteiger partial charge is 1.00 e. The second-order valence-electron chi connectivity index (χ2n) is 31.1. The Labute approximate surface area is 771 Å². The molecule has 0 spiro atoms. The van der Waals surface area contributed by atoms with Crippen molar-refractivity contribution in [2.45, 2.75) is 217 Å². The number of rotatable bonds is 14. The summed E-state index contributed by atoms with van der Waals surface area (Å²) in [5, 5.41) is 79.3. The van der Waals surface area contributed by atoms with E-state index in [-0.39, 0.29) is 87.2 Å². The molecule has 15 heterocycles. The zero-order chi connectivity index (χ0) is 83.6. The molecule has 19 atom stereocenters. The standard InChI is InChI=1S/C21H21Cl2N3O4.C21H23ClN4O5.C20H17Cl2N3O4.C18H19ClN4O5.3CH4.CH3.BrH.Mg/c1-20(2)29-14-15(30-20)19(26-9-8-13-17(23)24-10-25-18(13)26)28-16(14)21(3,27)11-4-6-12(22)7-5-11;1-20(2)30-14-15(31-20)19(26-9-8-13-17(25-28)23-10-24-18(13)26)29-16(14)21(3,27)11-4-6-12(22)7-5-11;1-20(2)28-15-14(13(26)10-3-5-11(21)6-4-10)27-19(16(15)29-20)25-8-7-12-17(22)23-9-24-18(12)25;1-18(26,9-2-4-10(19)5-3-9)14-12(24)13(25)17(28-14)23-7-6-11-15(22-27)20-8-21-16(11)23;;;;;;/h4-10,14-16,19,27H,1-3H3;4-10,14-16,19,27-28H,1-3H3,(H,23,24,25);3-9,14-16,19H,1-2H3;2-8,12-14,17,24-27H,1H3,(H,20,21,22);3*1H4;1H3;1H;/q;;;;;;;-1;;+2/p-1/t2*14-,15+,16-,19+,21+;14-,15-,16-,19-;12-,13+,14-,17+,18+;;;;;;/m0010....../s1. The van der Waals surface area contributed by atoms with Gasteiger partial charge in [0.1, 0.15) is 142 Å². The van der Waals surface area contributed by atoms with E-state index in [0.717, 1.165) is 0 Å². The van der Waals surface area contributed by atoms with Crippen LogP contribution in [0.1, 0.15) is 137 Å². The van der Waals surface area contributed by atoms with Crippen molar-refractivity contribution in [2.24, 2.45) is 0 Å². The number of benzene rings is 4. The van der Waals surface area contributed by atoms with Crippen molar-refractivity contribution in [3.63, 3.8) is 0 Å². The molecule has 660 valence electrons. The van der Waals surface area contributed by atoms with Gasteiger partial charge in [0.15, 0.2) is 65.8 Å². The van der Waals surface area contributed by atoms with Gasteiger partial charge >= 0.3 is 23.1 Å². The molecule has 12 aromatic rings. The molecule has 7 aliphatic rings. The van der Waals surface area contributed by atoms with E-state index in [4.69, 9.17) is 117 Å². The predicted octanol–water partition coefficient (Wildman–Crippen LogP) is 11.7. The van der Waals surface area contributed by atoms with Crippen LogP contribution in [0.15, 0.2) is 171 Å². The van der Waals surface area contributed by atoms with Gasteiger partial charge in [0.05, 0.1) is 21.5 Å². The monoisotopic (exact) mass is 1900 g/mol. The molecule has 32 nitrogen and oxygen atoms in total. The fourth-order valence-corrected chi connectivity index (χ4v) is 17.2. The van der Waals surface area contributed by atoms with Gasteiger partial charge in [-0.25, -0.2) is 39.9 Å². The number of hydrogen-bond donors (Lipinski definition) is 9. The number of carbonyl (C=O) groups is 1. The Morgan fingerprint density at radius 1 is 0.387 bits per heavy atom. The number of nitrogens with zero attached hydrogens (tertiary/aromatic N) is 12. The van der Waals surface area contributed by atoms with Crippen LogP contribution < -0.4 is 27.9 Å². The molecule has 7 saturated heterocycles. The van der Waals surface area contributed by atoms with Crippen LogP contribution in [0.3, 0.4) is 0 Å². The first kappa shape index (κ1) is 99.1. The number of ether oxygens (including phenoxy) is 10. The number of halogens is 7. The number of ketones is 1. The molecule has 0 aliphatic carbocycles. The molecule has 0 unspecified atom stereocenters. The number of hydrogen-bond acceptors (Lipinski definition) is 28. The Bertz CT molecular complexity index is 5710. The van der Waals surface area contributed by atoms with E-state index in [2.05, 4.69) is 45.4 Å². The first-order chi connectivity index (χ1) is 56.1. The van der Waals surface area contributed by atoms with Gasteiger partial charge in [-0.05, 0) is 164 Å². The van der Waals surface area contributed by atoms with Crippen LogP contribution in [0, 0.1) is 7.43 Å². The molecule has 0 radical (unpaired) electrons. The van der Waals surface area contributed by atoms with Gasteiger partial charge in [-0.1, -0.05) is 128 Å². The Morgan fingerprint density at radius 2 is 0.669 bits per heavy atom. The number of nitrogens with one attached hydrogen (secondary N) is 2. The van der Waals surface area contributed by atoms with Crippen molar-refractivity contribution in [3.05, 3.63) is 232 Å². The maximum atomic E-state index is 13.2. The van der Waals surface area contributed by atoms with Crippen molar-refractivity contribution in [3.8, 4) is 0 Å². The van der Waals surface area contributed by atoms with Gasteiger partial charge < -0.3 is 116 Å². The summed E-state index contributed by atoms with van der Waals surface area (Å²) >= 11 is 36.3. The van der Waals surface area contributed by atoms with E-state index in [1.807, 2.05) is 69.9 Å². The molecule has 0 saturated carbocycles. The van der Waals surface area contributed by atoms with E-state index in [0.29, 0.717) is 96.8 Å². The second-order valence-corrected chi connectivity index (χ2v) is 33.6. The zero-order valence-electron chi connectivity index (χ0n) is 66.2. The molecular formula is C84H95BrCl6MgN14O18. The van der Waals surface area contributed by atoms with Crippen LogP contribution in [0.5, 0.6) is 0 Å². The van der Waals surface area contributed by atoms with E-state index in [9.17, 15) is 40.7 Å². The molecule has 40 heteroatoms. The van der Waals surface area contributed by atoms with Gasteiger partial charge in [0.2, 0.25) is 0 Å². The third kappa shape index (κ3) is 18.6. The normalized spacial score (nSPS) is 27.1. The molecule has 7 fully saturated rings. The van der Waals surface area contributed by atoms with Crippen LogP contribution in [-0.4, -0.2) is 214 Å². The van der Waals surface area contributed by atoms with Gasteiger partial charge in [-0.2, -0.15) is 0 Å². The Hall–Kier alpha value is -7.06. The van der Waals surface area contributed by atoms with E-state index >= 15 is 0 Å². The number of Topliss-reactive ketones (excluding diaryl/α,β-unsaturated/α-hetero) is 1. The third-order valence-electron chi connectivity index (χ3n) is 21.9. The summed E-state index contributed by atoms with van der Waals surface area (Å²) in [5.74, 6) is -2.22. The number of aliphatic hydroxyl groups is 5. The molecule has 4 aromatic carbocycles. The van der Waals surface area contributed by atoms with E-state index in [1.165, 1.54) is 36.8 Å². The minimum absolute atomic E-state index is 0. The largest absolute Gasteiger partial charge is 2.00 e. The topological polar surface area (TPSA) is 398 Å². The van der Waals surface area contributed by atoms with Gasteiger partial charge in [0.25, 0.3) is 0 Å². The molecule has 9 N–H and O–H groups in total. The Kier molecular flexibility index (Phi) is 30.6. The summed E-state index contributed by atoms with van der Waals surface area (Å²) in [6.45, 7) is 15.9. The van der Waals surface area contributed by atoms with Crippen molar-refractivity contribution in [1.29, 1.82) is 0 Å². The number of aliphatic hydroxyl groups excluding tert-OH is 2. The van der Waals surface area contributed by atoms with E-state index in [1.54, 1.807) is 151 Å². The minimum atomic E-state index is -1.59. The molecule has 0 bridgehead atoms. The average molecular weight is 1910 g/mol. The summed E-state index contributed by atoms with van der Waals surface area (Å²) in [7, 11) is 0. The van der Waals surface area contributed by atoms with Gasteiger partial charge in [-0.15, -0.1) is 0 Å². The zero-order valence-corrected chi connectivity index (χ0v) is 73.8. The second kappa shape index (κ2) is 38.3. The fourth-order valence-electron chi connectivity index (χ4n) is 16.3. The SMILES string of the molecule is C.C.C.CC1(C)O[C@@H]2[C@H](O1)[C@@H](C(=O)c1ccc(Cl)cc1)O[C@H]2n1ccc2c(Cl)ncnc21.CC1(C)O[C@@H]2[C@H](O1)[C@@H]([C@](C)(O)c1ccc(Cl)cc1)O[C@H]2n1ccc2c(Cl)ncnc21.CC1(C)O[C@@H]2[C@H](O1)[C@@H]([C@](C)(O)c1ccc(Cl)cc1)O[C@H]2n1ccc2c(NO)ncnc21.C[C@@](O)(c1ccc(Cl)cc1)[C@H]1O[C@@H](n2ccc3c(NO)ncnc32)[C@H](O)[C@@H]1O.[Br-].[CH3-].[Mg+2]. The summed E-state index contributed by atoms with van der Waals surface area (Å²) in [6.07, 6.45) is 0.581.